The Hall–Kier alpha value is -2.88. The zero-order valence-corrected chi connectivity index (χ0v) is 20.7. The summed E-state index contributed by atoms with van der Waals surface area (Å²) >= 11 is 0. The number of carbonyl (C=O) groups is 2. The van der Waals surface area contributed by atoms with E-state index in [1.54, 1.807) is 0 Å². The topological polar surface area (TPSA) is 52.6 Å². The molecule has 0 spiro atoms. The third-order valence-electron chi connectivity index (χ3n) is 5.12. The summed E-state index contributed by atoms with van der Waals surface area (Å²) in [5.41, 5.74) is 3.58. The van der Waals surface area contributed by atoms with Crippen molar-refractivity contribution in [2.75, 3.05) is 0 Å². The zero-order chi connectivity index (χ0) is 24.1. The minimum absolute atomic E-state index is 0.252. The number of hydrogen-bond acceptors (Lipinski definition) is 4. The summed E-state index contributed by atoms with van der Waals surface area (Å²) in [6.07, 6.45) is 1.73. The van der Waals surface area contributed by atoms with Gasteiger partial charge in [-0.2, -0.15) is 0 Å². The van der Waals surface area contributed by atoms with Crippen molar-refractivity contribution >= 4 is 23.1 Å². The summed E-state index contributed by atoms with van der Waals surface area (Å²) in [7, 11) is 0. The van der Waals surface area contributed by atoms with Gasteiger partial charge in [0, 0.05) is 0 Å². The molecule has 172 valence electrons. The van der Waals surface area contributed by atoms with Crippen LogP contribution < -0.4 is 9.47 Å². The Balaban J connectivity index is 2.29. The van der Waals surface area contributed by atoms with Gasteiger partial charge in [0.1, 0.15) is 11.5 Å². The molecule has 2 rings (SSSR count). The van der Waals surface area contributed by atoms with Crippen LogP contribution in [0.5, 0.6) is 11.5 Å². The molecule has 0 bridgehead atoms. The van der Waals surface area contributed by atoms with Crippen molar-refractivity contribution in [1.29, 1.82) is 0 Å². The summed E-state index contributed by atoms with van der Waals surface area (Å²) < 4.78 is 11.0. The lowest BCUT2D eigenvalue weighted by atomic mass is 9.91. The lowest BCUT2D eigenvalue weighted by Crippen LogP contribution is -2.25. The molecule has 32 heavy (non-hydrogen) atoms. The standard InChI is InChI=1S/C28H36O4/c1-9-23(19-11-15-21(16-12-19)31-25(29)27(3,4)5)24(10-2)20-13-17-22(18-14-20)32-26(30)28(6,7)8/h11-18H,9-10H2,1-8H3/b24-23-. The molecule has 4 heteroatoms. The molecule has 0 fully saturated rings. The van der Waals surface area contributed by atoms with E-state index in [2.05, 4.69) is 13.8 Å². The first-order valence-corrected chi connectivity index (χ1v) is 11.2. The van der Waals surface area contributed by atoms with Crippen LogP contribution in [0, 0.1) is 10.8 Å². The average molecular weight is 437 g/mol. The molecular formula is C28H36O4. The van der Waals surface area contributed by atoms with E-state index >= 15 is 0 Å². The van der Waals surface area contributed by atoms with E-state index in [4.69, 9.17) is 9.47 Å². The molecule has 2 aromatic rings. The quantitative estimate of drug-likeness (QED) is 0.270. The zero-order valence-electron chi connectivity index (χ0n) is 20.7. The maximum Gasteiger partial charge on any atom is 0.316 e. The molecule has 0 N–H and O–H groups in total. The van der Waals surface area contributed by atoms with Gasteiger partial charge in [-0.25, -0.2) is 0 Å². The third kappa shape index (κ3) is 6.56. The summed E-state index contributed by atoms with van der Waals surface area (Å²) in [5.74, 6) is 0.593. The Morgan fingerprint density at radius 3 is 1.09 bits per heavy atom. The van der Waals surface area contributed by atoms with E-state index in [1.165, 1.54) is 11.1 Å². The van der Waals surface area contributed by atoms with Gasteiger partial charge >= 0.3 is 11.9 Å². The van der Waals surface area contributed by atoms with Crippen LogP contribution >= 0.6 is 0 Å². The summed E-state index contributed by atoms with van der Waals surface area (Å²) in [6, 6.07) is 15.4. The molecule has 0 unspecified atom stereocenters. The van der Waals surface area contributed by atoms with Gasteiger partial charge in [0.2, 0.25) is 0 Å². The first kappa shape index (κ1) is 25.4. The van der Waals surface area contributed by atoms with E-state index in [0.717, 1.165) is 24.0 Å². The minimum Gasteiger partial charge on any atom is -0.426 e. The lowest BCUT2D eigenvalue weighted by Gasteiger charge is -2.18. The van der Waals surface area contributed by atoms with Crippen molar-refractivity contribution in [3.8, 4) is 11.5 Å². The SMILES string of the molecule is CC/C(=C(\CC)c1ccc(OC(=O)C(C)(C)C)cc1)c1ccc(OC(=O)C(C)(C)C)cc1. The smallest absolute Gasteiger partial charge is 0.316 e. The van der Waals surface area contributed by atoms with Crippen LogP contribution in [0.25, 0.3) is 11.1 Å². The highest BCUT2D eigenvalue weighted by molar-refractivity contribution is 5.91. The second-order valence-electron chi connectivity index (χ2n) is 9.99. The van der Waals surface area contributed by atoms with Gasteiger partial charge in [0.25, 0.3) is 0 Å². The molecule has 0 atom stereocenters. The van der Waals surface area contributed by atoms with E-state index in [1.807, 2.05) is 90.1 Å². The van der Waals surface area contributed by atoms with Gasteiger partial charge in [-0.1, -0.05) is 38.1 Å². The van der Waals surface area contributed by atoms with Crippen LogP contribution in [0.2, 0.25) is 0 Å². The average Bonchev–Trinajstić information content (AvgIpc) is 2.72. The molecule has 0 saturated heterocycles. The van der Waals surface area contributed by atoms with Gasteiger partial charge in [-0.05, 0) is 101 Å². The van der Waals surface area contributed by atoms with E-state index in [0.29, 0.717) is 11.5 Å². The van der Waals surface area contributed by atoms with E-state index in [-0.39, 0.29) is 11.9 Å². The molecule has 0 aliphatic heterocycles. The van der Waals surface area contributed by atoms with Gasteiger partial charge in [0.15, 0.2) is 0 Å². The number of hydrogen-bond donors (Lipinski definition) is 0. The summed E-state index contributed by atoms with van der Waals surface area (Å²) in [6.45, 7) is 15.3. The van der Waals surface area contributed by atoms with Gasteiger partial charge in [0.05, 0.1) is 10.8 Å². The van der Waals surface area contributed by atoms with E-state index in [9.17, 15) is 9.59 Å². The Bertz CT molecular complexity index is 885. The van der Waals surface area contributed by atoms with Crippen LogP contribution in [0.3, 0.4) is 0 Å². The molecule has 0 aliphatic carbocycles. The van der Waals surface area contributed by atoms with Crippen molar-refractivity contribution in [1.82, 2.24) is 0 Å². The second kappa shape index (κ2) is 10.2. The number of carbonyl (C=O) groups excluding carboxylic acids is 2. The molecule has 0 heterocycles. The fraction of sp³-hybridized carbons (Fsp3) is 0.429. The third-order valence-corrected chi connectivity index (χ3v) is 5.12. The Morgan fingerprint density at radius 2 is 0.875 bits per heavy atom. The first-order chi connectivity index (χ1) is 14.9. The predicted octanol–water partition coefficient (Wildman–Crippen LogP) is 7.32. The molecule has 0 amide bonds. The van der Waals surface area contributed by atoms with Crippen LogP contribution in [0.15, 0.2) is 48.5 Å². The largest absolute Gasteiger partial charge is 0.426 e. The highest BCUT2D eigenvalue weighted by Gasteiger charge is 2.24. The molecule has 0 radical (unpaired) electrons. The van der Waals surface area contributed by atoms with E-state index < -0.39 is 10.8 Å². The summed E-state index contributed by atoms with van der Waals surface area (Å²) in [5, 5.41) is 0. The van der Waals surface area contributed by atoms with Crippen molar-refractivity contribution < 1.29 is 19.1 Å². The van der Waals surface area contributed by atoms with Gasteiger partial charge < -0.3 is 9.47 Å². The molecule has 0 aliphatic rings. The van der Waals surface area contributed by atoms with Crippen LogP contribution in [0.1, 0.15) is 79.4 Å². The van der Waals surface area contributed by atoms with Crippen molar-refractivity contribution in [3.63, 3.8) is 0 Å². The normalized spacial score (nSPS) is 12.8. The molecular weight excluding hydrogens is 400 g/mol. The maximum absolute atomic E-state index is 12.1. The highest BCUT2D eigenvalue weighted by Crippen LogP contribution is 2.33. The molecule has 2 aromatic carbocycles. The molecule has 0 saturated carbocycles. The molecule has 4 nitrogen and oxygen atoms in total. The maximum atomic E-state index is 12.1. The number of allylic oxidation sites excluding steroid dienone is 2. The van der Waals surface area contributed by atoms with Crippen molar-refractivity contribution in [2.24, 2.45) is 10.8 Å². The summed E-state index contributed by atoms with van der Waals surface area (Å²) in [4.78, 5) is 24.3. The van der Waals surface area contributed by atoms with Crippen LogP contribution in [0.4, 0.5) is 0 Å². The number of benzene rings is 2. The monoisotopic (exact) mass is 436 g/mol. The number of esters is 2. The second-order valence-corrected chi connectivity index (χ2v) is 9.99. The van der Waals surface area contributed by atoms with Crippen LogP contribution in [-0.4, -0.2) is 11.9 Å². The number of ether oxygens (including phenoxy) is 2. The Labute approximate surface area is 192 Å². The van der Waals surface area contributed by atoms with Crippen molar-refractivity contribution in [3.05, 3.63) is 59.7 Å². The predicted molar refractivity (Wildman–Crippen MR) is 130 cm³/mol. The van der Waals surface area contributed by atoms with Gasteiger partial charge in [-0.3, -0.25) is 9.59 Å². The number of rotatable bonds is 6. The van der Waals surface area contributed by atoms with Gasteiger partial charge in [-0.15, -0.1) is 0 Å². The fourth-order valence-corrected chi connectivity index (χ4v) is 3.15. The van der Waals surface area contributed by atoms with Crippen molar-refractivity contribution in [2.45, 2.75) is 68.2 Å². The minimum atomic E-state index is -0.546. The Kier molecular flexibility index (Phi) is 8.06. The van der Waals surface area contributed by atoms with Crippen LogP contribution in [-0.2, 0) is 9.59 Å². The molecule has 0 aromatic heterocycles. The fourth-order valence-electron chi connectivity index (χ4n) is 3.15. The Morgan fingerprint density at radius 1 is 0.594 bits per heavy atom. The lowest BCUT2D eigenvalue weighted by molar-refractivity contribution is -0.143. The highest BCUT2D eigenvalue weighted by atomic mass is 16.5. The first-order valence-electron chi connectivity index (χ1n) is 11.2.